The number of carbonyl (C=O) groups is 12. The minimum absolute atomic E-state index is 0.0708. The lowest BCUT2D eigenvalue weighted by Gasteiger charge is -2.26. The summed E-state index contributed by atoms with van der Waals surface area (Å²) in [6, 6.07) is 7.60. The standard InChI is InChI=1S/C59H66O24/c1-5-49(61)72-25-29-76-53(65)37-11-9-36(10-12-37)46(60)35-80-47-23-21-42(33-44(47)58(70)78-31-27-74-51(63)7-3)81-55(67)39-17-19-40(20-18-39)56(68)82-43-22-24-48(45(34-43)59(71)79-32-28-75-52(64)8-4)83-57(69)41-15-13-38(14-16-41)54(66)77-30-26-73-50(62)6-2/h5-8,21-24,33-34,36-41H,1-4,9-20,25-32,35H2. The van der Waals surface area contributed by atoms with Gasteiger partial charge in [-0.15, -0.1) is 0 Å². The zero-order chi connectivity index (χ0) is 60.3. The van der Waals surface area contributed by atoms with Gasteiger partial charge in [0.1, 0.15) is 93.6 Å². The first-order valence-corrected chi connectivity index (χ1v) is 26.9. The molecule has 0 spiro atoms. The largest absolute Gasteiger partial charge is 0.485 e. The molecule has 0 radical (unpaired) electrons. The van der Waals surface area contributed by atoms with Gasteiger partial charge in [-0.2, -0.15) is 0 Å². The number of benzene rings is 2. The zero-order valence-corrected chi connectivity index (χ0v) is 45.7. The molecule has 2 aromatic carbocycles. The molecule has 0 N–H and O–H groups in total. The second-order valence-corrected chi connectivity index (χ2v) is 19.1. The molecule has 3 fully saturated rings. The summed E-state index contributed by atoms with van der Waals surface area (Å²) in [5, 5.41) is 0. The molecule has 0 aromatic heterocycles. The summed E-state index contributed by atoms with van der Waals surface area (Å²) in [7, 11) is 0. The van der Waals surface area contributed by atoms with Crippen molar-refractivity contribution in [3.8, 4) is 23.0 Å². The molecule has 24 nitrogen and oxygen atoms in total. The Bertz CT molecular complexity index is 2730. The van der Waals surface area contributed by atoms with E-state index in [2.05, 4.69) is 26.3 Å². The predicted octanol–water partition coefficient (Wildman–Crippen LogP) is 5.79. The summed E-state index contributed by atoms with van der Waals surface area (Å²) >= 11 is 0. The van der Waals surface area contributed by atoms with Crippen LogP contribution < -0.4 is 18.9 Å². The van der Waals surface area contributed by atoms with Crippen molar-refractivity contribution in [2.24, 2.45) is 35.5 Å². The van der Waals surface area contributed by atoms with Crippen LogP contribution in [-0.4, -0.2) is 131 Å². The SMILES string of the molecule is C=CC(=O)OCCOC(=O)c1cc(OC(=O)C2CCC(C(=O)Oc3ccc(OC(=O)C4CCC(C(=O)OCCOC(=O)C=C)CC4)c(C(=O)OCCOC(=O)C=C)c3)CC2)ccc1OCC(=O)C1CCC(C(=O)OCCOC(=O)C=C)CC1. The molecule has 2 aromatic rings. The van der Waals surface area contributed by atoms with E-state index < -0.39 is 114 Å². The number of ether oxygens (including phenoxy) is 12. The number of esters is 11. The van der Waals surface area contributed by atoms with Gasteiger partial charge >= 0.3 is 65.7 Å². The van der Waals surface area contributed by atoms with Crippen LogP contribution in [0, 0.1) is 35.5 Å². The van der Waals surface area contributed by atoms with Crippen LogP contribution in [-0.2, 0) is 85.8 Å². The first kappa shape index (κ1) is 64.9. The summed E-state index contributed by atoms with van der Waals surface area (Å²) in [5.74, 6) is -12.0. The summed E-state index contributed by atoms with van der Waals surface area (Å²) in [4.78, 5) is 151. The third kappa shape index (κ3) is 21.1. The molecule has 0 bridgehead atoms. The maximum absolute atomic E-state index is 13.6. The van der Waals surface area contributed by atoms with Crippen LogP contribution in [0.2, 0.25) is 0 Å². The summed E-state index contributed by atoms with van der Waals surface area (Å²) in [5.41, 5.74) is -0.506. The summed E-state index contributed by atoms with van der Waals surface area (Å²) < 4.78 is 63.2. The van der Waals surface area contributed by atoms with Gasteiger partial charge in [0.25, 0.3) is 0 Å². The number of Topliss-reactive ketones (excluding diaryl/α,β-unsaturated/α-hetero) is 1. The van der Waals surface area contributed by atoms with Gasteiger partial charge in [0.15, 0.2) is 5.78 Å². The quantitative estimate of drug-likeness (QED) is 0.0294. The highest BCUT2D eigenvalue weighted by Crippen LogP contribution is 2.36. The van der Waals surface area contributed by atoms with Gasteiger partial charge in [0.05, 0.1) is 29.6 Å². The van der Waals surface area contributed by atoms with Crippen LogP contribution in [0.1, 0.15) is 97.8 Å². The maximum Gasteiger partial charge on any atom is 0.342 e. The number of hydrogen-bond donors (Lipinski definition) is 0. The minimum atomic E-state index is -1.00. The van der Waals surface area contributed by atoms with Gasteiger partial charge in [-0.05, 0) is 113 Å². The second kappa shape index (κ2) is 33.7. The molecule has 0 saturated heterocycles. The lowest BCUT2D eigenvalue weighted by atomic mass is 9.80. The third-order valence-corrected chi connectivity index (χ3v) is 13.6. The highest BCUT2D eigenvalue weighted by molar-refractivity contribution is 5.95. The Kier molecular flexibility index (Phi) is 26.3. The highest BCUT2D eigenvalue weighted by atomic mass is 16.6. The lowest BCUT2D eigenvalue weighted by Crippen LogP contribution is -2.30. The van der Waals surface area contributed by atoms with E-state index in [1.165, 1.54) is 30.3 Å². The van der Waals surface area contributed by atoms with E-state index >= 15 is 0 Å². The van der Waals surface area contributed by atoms with Gasteiger partial charge in [0.2, 0.25) is 0 Å². The van der Waals surface area contributed by atoms with Crippen LogP contribution in [0.3, 0.4) is 0 Å². The van der Waals surface area contributed by atoms with E-state index in [1.54, 1.807) is 0 Å². The van der Waals surface area contributed by atoms with E-state index in [9.17, 15) is 57.5 Å². The molecule has 0 amide bonds. The molecule has 0 atom stereocenters. The van der Waals surface area contributed by atoms with Crippen molar-refractivity contribution in [1.82, 2.24) is 0 Å². The zero-order valence-electron chi connectivity index (χ0n) is 45.7. The molecule has 3 aliphatic rings. The van der Waals surface area contributed by atoms with Crippen LogP contribution >= 0.6 is 0 Å². The van der Waals surface area contributed by atoms with E-state index in [4.69, 9.17) is 56.8 Å². The van der Waals surface area contributed by atoms with Gasteiger partial charge in [0, 0.05) is 30.2 Å². The Morgan fingerprint density at radius 2 is 0.639 bits per heavy atom. The molecule has 0 unspecified atom stereocenters. The van der Waals surface area contributed by atoms with E-state index in [0.29, 0.717) is 38.5 Å². The van der Waals surface area contributed by atoms with Gasteiger partial charge < -0.3 is 56.8 Å². The monoisotopic (exact) mass is 1160 g/mol. The summed E-state index contributed by atoms with van der Waals surface area (Å²) in [6.45, 7) is 10.8. The first-order chi connectivity index (χ1) is 39.9. The van der Waals surface area contributed by atoms with Gasteiger partial charge in [-0.25, -0.2) is 28.8 Å². The predicted molar refractivity (Wildman–Crippen MR) is 284 cm³/mol. The van der Waals surface area contributed by atoms with Crippen molar-refractivity contribution in [2.45, 2.75) is 77.0 Å². The first-order valence-electron chi connectivity index (χ1n) is 26.9. The number of ketones is 1. The van der Waals surface area contributed by atoms with Crippen LogP contribution in [0.4, 0.5) is 0 Å². The van der Waals surface area contributed by atoms with Crippen LogP contribution in [0.25, 0.3) is 0 Å². The average molecular weight is 1160 g/mol. The Labute approximate surface area is 477 Å². The minimum Gasteiger partial charge on any atom is -0.485 e. The molecule has 0 aliphatic heterocycles. The Morgan fingerprint density at radius 1 is 0.349 bits per heavy atom. The van der Waals surface area contributed by atoms with E-state index in [1.807, 2.05) is 0 Å². The molecule has 24 heteroatoms. The fourth-order valence-corrected chi connectivity index (χ4v) is 9.07. The van der Waals surface area contributed by atoms with Crippen molar-refractivity contribution in [3.05, 3.63) is 98.1 Å². The third-order valence-electron chi connectivity index (χ3n) is 13.6. The lowest BCUT2D eigenvalue weighted by molar-refractivity contribution is -0.155. The Balaban J connectivity index is 1.16. The molecular weight excluding hydrogens is 1090 g/mol. The summed E-state index contributed by atoms with van der Waals surface area (Å²) in [6.07, 6.45) is 7.18. The van der Waals surface area contributed by atoms with Crippen molar-refractivity contribution in [1.29, 1.82) is 0 Å². The van der Waals surface area contributed by atoms with E-state index in [-0.39, 0.29) is 125 Å². The Hall–Kier alpha value is -8.96. The number of hydrogen-bond acceptors (Lipinski definition) is 24. The Morgan fingerprint density at radius 3 is 1.00 bits per heavy atom. The number of rotatable bonds is 30. The van der Waals surface area contributed by atoms with Crippen molar-refractivity contribution in [2.75, 3.05) is 59.5 Å². The molecule has 83 heavy (non-hydrogen) atoms. The molecule has 0 heterocycles. The normalized spacial score (nSPS) is 19.0. The fraction of sp³-hybridized carbons (Fsp3) is 0.458. The van der Waals surface area contributed by atoms with Crippen LogP contribution in [0.15, 0.2) is 87.0 Å². The second-order valence-electron chi connectivity index (χ2n) is 19.1. The molecule has 5 rings (SSSR count). The molecule has 3 aliphatic carbocycles. The molecule has 446 valence electrons. The van der Waals surface area contributed by atoms with Crippen LogP contribution in [0.5, 0.6) is 23.0 Å². The van der Waals surface area contributed by atoms with Gasteiger partial charge in [-0.3, -0.25) is 28.8 Å². The smallest absolute Gasteiger partial charge is 0.342 e. The number of carbonyl (C=O) groups excluding carboxylic acids is 12. The van der Waals surface area contributed by atoms with Crippen molar-refractivity contribution >= 4 is 71.4 Å². The van der Waals surface area contributed by atoms with Gasteiger partial charge in [-0.1, -0.05) is 26.3 Å². The molecule has 3 saturated carbocycles. The van der Waals surface area contributed by atoms with Crippen molar-refractivity contribution < 1.29 is 114 Å². The maximum atomic E-state index is 13.6. The van der Waals surface area contributed by atoms with E-state index in [0.717, 1.165) is 30.4 Å². The molecular formula is C59H66O24. The van der Waals surface area contributed by atoms with Crippen molar-refractivity contribution in [3.63, 3.8) is 0 Å². The topological polar surface area (TPSA) is 316 Å². The average Bonchev–Trinajstić information content (AvgIpc) is 3.71. The highest BCUT2D eigenvalue weighted by Gasteiger charge is 2.36. The fourth-order valence-electron chi connectivity index (χ4n) is 9.07.